The van der Waals surface area contributed by atoms with Crippen LogP contribution in [0.1, 0.15) is 0 Å². The Hall–Kier alpha value is 0.499. The summed E-state index contributed by atoms with van der Waals surface area (Å²) in [5.74, 6) is 0. The van der Waals surface area contributed by atoms with Crippen LogP contribution in [0.5, 0.6) is 0 Å². The third-order valence-electron chi connectivity index (χ3n) is 0.548. The average Bonchev–Trinajstić information content (AvgIpc) is 1.35. The van der Waals surface area contributed by atoms with Crippen molar-refractivity contribution in [2.24, 2.45) is 0 Å². The van der Waals surface area contributed by atoms with E-state index in [2.05, 4.69) is 27.7 Å². The first-order valence-electron chi connectivity index (χ1n) is 2.01. The van der Waals surface area contributed by atoms with Crippen LogP contribution in [0.4, 0.5) is 0 Å². The van der Waals surface area contributed by atoms with Crippen molar-refractivity contribution in [1.29, 1.82) is 0 Å². The van der Waals surface area contributed by atoms with E-state index in [1.807, 2.05) is 6.20 Å². The van der Waals surface area contributed by atoms with Crippen molar-refractivity contribution in [3.05, 3.63) is 12.8 Å². The number of hydrogen-bond acceptors (Lipinski definition) is 0. The van der Waals surface area contributed by atoms with Gasteiger partial charge in [0.15, 0.2) is 0 Å². The second-order valence-electron chi connectivity index (χ2n) is 2.30. The topological polar surface area (TPSA) is 0 Å². The van der Waals surface area contributed by atoms with Gasteiger partial charge in [-0.3, -0.25) is 0 Å². The monoisotopic (exact) mass is 210 g/mol. The van der Waals surface area contributed by atoms with Gasteiger partial charge in [0.05, 0.1) is 27.3 Å². The molecule has 0 rings (SSSR count). The van der Waals surface area contributed by atoms with Crippen molar-refractivity contribution in [1.82, 2.24) is 0 Å². The van der Waals surface area contributed by atoms with Crippen LogP contribution in [0, 0.1) is 0 Å². The summed E-state index contributed by atoms with van der Waals surface area (Å²) in [4.78, 5) is 0. The minimum absolute atomic E-state index is 0. The van der Waals surface area contributed by atoms with Crippen LogP contribution < -0.4 is 0 Å². The molecule has 0 heterocycles. The van der Waals surface area contributed by atoms with E-state index in [-0.39, 0.29) is 23.9 Å². The zero-order chi connectivity index (χ0) is 5.21. The van der Waals surface area contributed by atoms with Crippen LogP contribution >= 0.6 is 0 Å². The Labute approximate surface area is 62.6 Å². The second kappa shape index (κ2) is 3.49. The van der Waals surface area contributed by atoms with Gasteiger partial charge in [-0.2, -0.15) is 0 Å². The SMILES string of the molecule is C=C[N+](C)(C)C.[SnH4]. The molecule has 0 spiro atoms. The molecule has 0 aliphatic carbocycles. The fourth-order valence-corrected chi connectivity index (χ4v) is 0. The number of quaternary nitrogens is 1. The molecule has 0 saturated heterocycles. The maximum atomic E-state index is 3.60. The van der Waals surface area contributed by atoms with Crippen LogP contribution in [0.25, 0.3) is 0 Å². The summed E-state index contributed by atoms with van der Waals surface area (Å²) >= 11 is 0. The molecule has 0 fully saturated rings. The molecule has 0 bridgehead atoms. The van der Waals surface area contributed by atoms with Crippen molar-refractivity contribution in [3.63, 3.8) is 0 Å². The predicted molar refractivity (Wildman–Crippen MR) is 39.6 cm³/mol. The molecule has 0 amide bonds. The molecule has 44 valence electrons. The summed E-state index contributed by atoms with van der Waals surface area (Å²) in [5.41, 5.74) is 0. The van der Waals surface area contributed by atoms with E-state index in [1.54, 1.807) is 0 Å². The Bertz CT molecular complexity index is 53.6. The second-order valence-corrected chi connectivity index (χ2v) is 2.30. The number of hydrogen-bond donors (Lipinski definition) is 0. The molecule has 0 aromatic heterocycles. The zero-order valence-corrected chi connectivity index (χ0v) is 4.73. The van der Waals surface area contributed by atoms with Gasteiger partial charge in [0.1, 0.15) is 0 Å². The first-order valence-corrected chi connectivity index (χ1v) is 2.01. The normalized spacial score (nSPS) is 9.57. The van der Waals surface area contributed by atoms with Crippen LogP contribution in [0.3, 0.4) is 0 Å². The summed E-state index contributed by atoms with van der Waals surface area (Å²) in [6, 6.07) is 0. The molecule has 0 N–H and O–H groups in total. The van der Waals surface area contributed by atoms with E-state index in [0.29, 0.717) is 0 Å². The van der Waals surface area contributed by atoms with E-state index in [4.69, 9.17) is 0 Å². The summed E-state index contributed by atoms with van der Waals surface area (Å²) < 4.78 is 0.833. The Morgan fingerprint density at radius 2 is 1.43 bits per heavy atom. The summed E-state index contributed by atoms with van der Waals surface area (Å²) in [7, 11) is 6.19. The fourth-order valence-electron chi connectivity index (χ4n) is 0. The molecular weight excluding hydrogens is 193 g/mol. The molecule has 0 aromatic rings. The number of nitrogens with zero attached hydrogens (tertiary/aromatic N) is 1. The van der Waals surface area contributed by atoms with E-state index in [1.165, 1.54) is 0 Å². The van der Waals surface area contributed by atoms with Gasteiger partial charge in [0.25, 0.3) is 0 Å². The maximum absolute atomic E-state index is 3.60. The summed E-state index contributed by atoms with van der Waals surface area (Å²) in [5, 5.41) is 0. The van der Waals surface area contributed by atoms with E-state index < -0.39 is 0 Å². The third-order valence-corrected chi connectivity index (χ3v) is 0.548. The summed E-state index contributed by atoms with van der Waals surface area (Å²) in [6.45, 7) is 3.60. The van der Waals surface area contributed by atoms with E-state index in [0.717, 1.165) is 4.48 Å². The fraction of sp³-hybridized carbons (Fsp3) is 0.600. The van der Waals surface area contributed by atoms with Crippen molar-refractivity contribution in [2.45, 2.75) is 0 Å². The molecule has 0 aromatic carbocycles. The molecule has 0 atom stereocenters. The van der Waals surface area contributed by atoms with Crippen molar-refractivity contribution in [3.8, 4) is 0 Å². The third kappa shape index (κ3) is 10.7. The van der Waals surface area contributed by atoms with Crippen molar-refractivity contribution < 1.29 is 4.48 Å². The van der Waals surface area contributed by atoms with Gasteiger partial charge in [-0.1, -0.05) is 0 Å². The Balaban J connectivity index is 0. The molecule has 0 unspecified atom stereocenters. The number of rotatable bonds is 1. The molecule has 0 radical (unpaired) electrons. The molecule has 0 aliphatic heterocycles. The van der Waals surface area contributed by atoms with Gasteiger partial charge in [-0.05, 0) is 6.58 Å². The van der Waals surface area contributed by atoms with Crippen LogP contribution in [0.2, 0.25) is 0 Å². The van der Waals surface area contributed by atoms with Crippen molar-refractivity contribution in [2.75, 3.05) is 21.1 Å². The van der Waals surface area contributed by atoms with Gasteiger partial charge in [0, 0.05) is 0 Å². The first kappa shape index (κ1) is 10.5. The average molecular weight is 209 g/mol. The van der Waals surface area contributed by atoms with Gasteiger partial charge in [-0.15, -0.1) is 0 Å². The molecule has 2 heteroatoms. The molecule has 1 nitrogen and oxygen atoms in total. The van der Waals surface area contributed by atoms with Crippen LogP contribution in [-0.4, -0.2) is 49.5 Å². The molecular formula is C5H16NSn+. The zero-order valence-electron chi connectivity index (χ0n) is 4.73. The Kier molecular flexibility index (Phi) is 5.23. The van der Waals surface area contributed by atoms with Crippen molar-refractivity contribution >= 4 is 23.9 Å². The predicted octanol–water partition coefficient (Wildman–Crippen LogP) is -0.616. The molecule has 7 heavy (non-hydrogen) atoms. The van der Waals surface area contributed by atoms with Gasteiger partial charge < -0.3 is 4.48 Å². The Morgan fingerprint density at radius 3 is 1.43 bits per heavy atom. The van der Waals surface area contributed by atoms with Gasteiger partial charge in [-0.25, -0.2) is 0 Å². The standard InChI is InChI=1S/C5H12N.Sn.4H/c1-5-6(2,3)4;;;;;/h5H,1H2,2-4H3;;;;;/q+1;;;;;. The molecule has 0 saturated carbocycles. The molecule has 0 aliphatic rings. The first-order chi connectivity index (χ1) is 2.56. The van der Waals surface area contributed by atoms with Crippen LogP contribution in [-0.2, 0) is 0 Å². The summed E-state index contributed by atoms with van der Waals surface area (Å²) in [6.07, 6.45) is 1.88. The van der Waals surface area contributed by atoms with E-state index >= 15 is 0 Å². The van der Waals surface area contributed by atoms with Crippen LogP contribution in [0.15, 0.2) is 12.8 Å². The van der Waals surface area contributed by atoms with Gasteiger partial charge in [0.2, 0.25) is 0 Å². The van der Waals surface area contributed by atoms with E-state index in [9.17, 15) is 0 Å². The quantitative estimate of drug-likeness (QED) is 0.399. The Morgan fingerprint density at radius 1 is 1.29 bits per heavy atom. The minimum atomic E-state index is 0. The van der Waals surface area contributed by atoms with Gasteiger partial charge >= 0.3 is 23.9 Å².